The van der Waals surface area contributed by atoms with Crippen molar-refractivity contribution in [1.82, 2.24) is 0 Å². The van der Waals surface area contributed by atoms with Crippen molar-refractivity contribution < 1.29 is 14.8 Å². The first-order chi connectivity index (χ1) is 10.1. The lowest BCUT2D eigenvalue weighted by molar-refractivity contribution is -0.385. The summed E-state index contributed by atoms with van der Waals surface area (Å²) >= 11 is 0. The highest BCUT2D eigenvalue weighted by Gasteiger charge is 2.26. The molecule has 1 aliphatic rings. The normalized spacial score (nSPS) is 13.0. The van der Waals surface area contributed by atoms with Crippen LogP contribution < -0.4 is 4.90 Å². The highest BCUT2D eigenvalue weighted by molar-refractivity contribution is 6.07. The van der Waals surface area contributed by atoms with Gasteiger partial charge < -0.3 is 10.0 Å². The average Bonchev–Trinajstić information content (AvgIpc) is 2.90. The van der Waals surface area contributed by atoms with Crippen LogP contribution in [0.4, 0.5) is 11.4 Å². The molecule has 1 heterocycles. The van der Waals surface area contributed by atoms with Crippen molar-refractivity contribution in [3.63, 3.8) is 0 Å². The first kappa shape index (κ1) is 13.1. The van der Waals surface area contributed by atoms with Crippen molar-refractivity contribution in [1.29, 1.82) is 0 Å². The molecule has 0 saturated heterocycles. The molecule has 1 amide bonds. The van der Waals surface area contributed by atoms with Gasteiger partial charge in [-0.05, 0) is 30.2 Å². The van der Waals surface area contributed by atoms with Crippen LogP contribution in [0.15, 0.2) is 42.5 Å². The summed E-state index contributed by atoms with van der Waals surface area (Å²) in [5.74, 6) is -0.775. The van der Waals surface area contributed by atoms with Crippen LogP contribution in [0.3, 0.4) is 0 Å². The van der Waals surface area contributed by atoms with Gasteiger partial charge in [0.05, 0.1) is 4.92 Å². The van der Waals surface area contributed by atoms with Crippen LogP contribution in [-0.2, 0) is 6.42 Å². The summed E-state index contributed by atoms with van der Waals surface area (Å²) < 4.78 is 0. The Balaban J connectivity index is 1.94. The lowest BCUT2D eigenvalue weighted by atomic mass is 10.1. The van der Waals surface area contributed by atoms with E-state index >= 15 is 0 Å². The molecule has 0 aromatic heterocycles. The van der Waals surface area contributed by atoms with Crippen LogP contribution in [0.25, 0.3) is 0 Å². The Morgan fingerprint density at radius 1 is 1.24 bits per heavy atom. The number of hydrogen-bond acceptors (Lipinski definition) is 4. The fourth-order valence-electron chi connectivity index (χ4n) is 2.52. The first-order valence-electron chi connectivity index (χ1n) is 6.45. The molecule has 0 saturated carbocycles. The molecule has 1 aliphatic heterocycles. The minimum atomic E-state index is -0.686. The summed E-state index contributed by atoms with van der Waals surface area (Å²) in [6.07, 6.45) is 0.779. The summed E-state index contributed by atoms with van der Waals surface area (Å²) in [4.78, 5) is 24.1. The first-order valence-corrected chi connectivity index (χ1v) is 6.45. The molecular weight excluding hydrogens is 272 g/mol. The number of carbonyl (C=O) groups is 1. The molecule has 2 aromatic carbocycles. The number of nitrogens with zero attached hydrogens (tertiary/aromatic N) is 2. The topological polar surface area (TPSA) is 83.7 Å². The number of nitro benzene ring substituents is 1. The molecule has 0 unspecified atom stereocenters. The second-order valence-corrected chi connectivity index (χ2v) is 4.80. The van der Waals surface area contributed by atoms with Crippen molar-refractivity contribution >= 4 is 17.3 Å². The summed E-state index contributed by atoms with van der Waals surface area (Å²) in [5.41, 5.74) is 1.76. The Labute approximate surface area is 120 Å². The van der Waals surface area contributed by atoms with Gasteiger partial charge in [0.25, 0.3) is 5.91 Å². The van der Waals surface area contributed by atoms with Crippen LogP contribution in [0.2, 0.25) is 0 Å². The van der Waals surface area contributed by atoms with Gasteiger partial charge in [0.15, 0.2) is 5.75 Å². The van der Waals surface area contributed by atoms with Crippen LogP contribution in [0.1, 0.15) is 15.9 Å². The third-order valence-electron chi connectivity index (χ3n) is 3.55. The summed E-state index contributed by atoms with van der Waals surface area (Å²) in [5, 5.41) is 20.3. The standard InChI is InChI=1S/C15H12N2O4/c18-14-9-11(5-6-13(14)17(20)21)15(19)16-8-7-10-3-1-2-4-12(10)16/h1-6,9,18H,7-8H2. The van der Waals surface area contributed by atoms with E-state index in [1.54, 1.807) is 4.90 Å². The average molecular weight is 284 g/mol. The Kier molecular flexibility index (Phi) is 3.06. The smallest absolute Gasteiger partial charge is 0.310 e. The van der Waals surface area contributed by atoms with E-state index in [4.69, 9.17) is 0 Å². The zero-order valence-corrected chi connectivity index (χ0v) is 11.0. The number of phenols is 1. The molecule has 0 atom stereocenters. The Morgan fingerprint density at radius 2 is 2.00 bits per heavy atom. The van der Waals surface area contributed by atoms with E-state index in [2.05, 4.69) is 0 Å². The number of fused-ring (bicyclic) bond motifs is 1. The molecule has 0 spiro atoms. The molecule has 21 heavy (non-hydrogen) atoms. The van der Waals surface area contributed by atoms with Gasteiger partial charge in [0.2, 0.25) is 0 Å². The van der Waals surface area contributed by atoms with Gasteiger partial charge in [-0.2, -0.15) is 0 Å². The molecule has 0 aliphatic carbocycles. The van der Waals surface area contributed by atoms with E-state index in [-0.39, 0.29) is 11.5 Å². The molecule has 6 heteroatoms. The van der Waals surface area contributed by atoms with Crippen LogP contribution in [-0.4, -0.2) is 22.5 Å². The number of amides is 1. The van der Waals surface area contributed by atoms with E-state index in [0.717, 1.165) is 29.8 Å². The van der Waals surface area contributed by atoms with Gasteiger partial charge in [0, 0.05) is 23.9 Å². The van der Waals surface area contributed by atoms with E-state index < -0.39 is 16.4 Å². The Morgan fingerprint density at radius 3 is 2.71 bits per heavy atom. The highest BCUT2D eigenvalue weighted by atomic mass is 16.6. The molecule has 0 bridgehead atoms. The minimum Gasteiger partial charge on any atom is -0.502 e. The maximum atomic E-state index is 12.5. The monoisotopic (exact) mass is 284 g/mol. The maximum absolute atomic E-state index is 12.5. The zero-order valence-electron chi connectivity index (χ0n) is 11.0. The second kappa shape index (κ2) is 4.90. The Bertz CT molecular complexity index is 742. The SMILES string of the molecule is O=C(c1ccc([N+](=O)[O-])c(O)c1)N1CCc2ccccc21. The van der Waals surface area contributed by atoms with Gasteiger partial charge in [-0.25, -0.2) is 0 Å². The van der Waals surface area contributed by atoms with Crippen molar-refractivity contribution in [2.24, 2.45) is 0 Å². The largest absolute Gasteiger partial charge is 0.502 e. The van der Waals surface area contributed by atoms with Gasteiger partial charge in [-0.15, -0.1) is 0 Å². The van der Waals surface area contributed by atoms with Gasteiger partial charge in [-0.1, -0.05) is 18.2 Å². The molecule has 2 aromatic rings. The molecule has 0 radical (unpaired) electrons. The van der Waals surface area contributed by atoms with Crippen molar-refractivity contribution in [2.45, 2.75) is 6.42 Å². The lowest BCUT2D eigenvalue weighted by Gasteiger charge is -2.17. The predicted octanol–water partition coefficient (Wildman–Crippen LogP) is 2.50. The summed E-state index contributed by atoms with van der Waals surface area (Å²) in [7, 11) is 0. The molecule has 3 rings (SSSR count). The molecule has 106 valence electrons. The fraction of sp³-hybridized carbons (Fsp3) is 0.133. The summed E-state index contributed by atoms with van der Waals surface area (Å²) in [6.45, 7) is 0.565. The van der Waals surface area contributed by atoms with E-state index in [1.807, 2.05) is 24.3 Å². The highest BCUT2D eigenvalue weighted by Crippen LogP contribution is 2.31. The number of nitro groups is 1. The molecule has 6 nitrogen and oxygen atoms in total. The quantitative estimate of drug-likeness (QED) is 0.678. The fourth-order valence-corrected chi connectivity index (χ4v) is 2.52. The van der Waals surface area contributed by atoms with Crippen LogP contribution in [0.5, 0.6) is 5.75 Å². The summed E-state index contributed by atoms with van der Waals surface area (Å²) in [6, 6.07) is 11.3. The van der Waals surface area contributed by atoms with Crippen LogP contribution in [0, 0.1) is 10.1 Å². The number of carbonyl (C=O) groups excluding carboxylic acids is 1. The number of para-hydroxylation sites is 1. The number of anilines is 1. The molecule has 0 fully saturated rings. The van der Waals surface area contributed by atoms with Crippen LogP contribution >= 0.6 is 0 Å². The number of aromatic hydroxyl groups is 1. The molecule has 1 N–H and O–H groups in total. The third kappa shape index (κ3) is 2.20. The third-order valence-corrected chi connectivity index (χ3v) is 3.55. The molecular formula is C15H12N2O4. The van der Waals surface area contributed by atoms with E-state index in [0.29, 0.717) is 6.54 Å². The number of hydrogen-bond donors (Lipinski definition) is 1. The van der Waals surface area contributed by atoms with Gasteiger partial charge >= 0.3 is 5.69 Å². The number of benzene rings is 2. The zero-order chi connectivity index (χ0) is 15.0. The lowest BCUT2D eigenvalue weighted by Crippen LogP contribution is -2.28. The predicted molar refractivity (Wildman–Crippen MR) is 76.6 cm³/mol. The van der Waals surface area contributed by atoms with Crippen molar-refractivity contribution in [3.05, 3.63) is 63.7 Å². The maximum Gasteiger partial charge on any atom is 0.310 e. The number of phenolic OH excluding ortho intramolecular Hbond substituents is 1. The van der Waals surface area contributed by atoms with Crippen molar-refractivity contribution in [3.8, 4) is 5.75 Å². The van der Waals surface area contributed by atoms with E-state index in [1.165, 1.54) is 6.07 Å². The second-order valence-electron chi connectivity index (χ2n) is 4.80. The Hall–Kier alpha value is -2.89. The van der Waals surface area contributed by atoms with Gasteiger partial charge in [-0.3, -0.25) is 14.9 Å². The van der Waals surface area contributed by atoms with Gasteiger partial charge in [0.1, 0.15) is 0 Å². The minimum absolute atomic E-state index is 0.231. The number of rotatable bonds is 2. The van der Waals surface area contributed by atoms with Crippen molar-refractivity contribution in [2.75, 3.05) is 11.4 Å². The van der Waals surface area contributed by atoms with E-state index in [9.17, 15) is 20.0 Å².